The van der Waals surface area contributed by atoms with Gasteiger partial charge in [-0.1, -0.05) is 0 Å². The van der Waals surface area contributed by atoms with Gasteiger partial charge in [-0.25, -0.2) is 5.14 Å². The summed E-state index contributed by atoms with van der Waals surface area (Å²) in [6.07, 6.45) is 1.42. The van der Waals surface area contributed by atoms with Crippen LogP contribution in [-0.2, 0) is 16.8 Å². The van der Waals surface area contributed by atoms with Gasteiger partial charge >= 0.3 is 0 Å². The summed E-state index contributed by atoms with van der Waals surface area (Å²) in [5.41, 5.74) is 5.94. The Kier molecular flexibility index (Phi) is 2.31. The molecule has 0 amide bonds. The van der Waals surface area contributed by atoms with Gasteiger partial charge < -0.3 is 5.73 Å². The number of nitrogens with zero attached hydrogens (tertiary/aromatic N) is 1. The minimum absolute atomic E-state index is 0.0428. The smallest absolute Gasteiger partial charge is 0.274 e. The Hall–Kier alpha value is -1.12. The van der Waals surface area contributed by atoms with Crippen molar-refractivity contribution in [3.63, 3.8) is 0 Å². The average molecular weight is 191 g/mol. The monoisotopic (exact) mass is 191 g/mol. The molecule has 0 spiro atoms. The topological polar surface area (TPSA) is 127 Å². The van der Waals surface area contributed by atoms with Gasteiger partial charge in [-0.05, 0) is 0 Å². The Labute approximate surface area is 69.3 Å². The third-order valence-electron chi connectivity index (χ3n) is 1.22. The molecule has 0 aromatic carbocycles. The lowest BCUT2D eigenvalue weighted by atomic mass is 10.3. The van der Waals surface area contributed by atoms with Gasteiger partial charge in [-0.2, -0.15) is 18.2 Å². The fourth-order valence-electron chi connectivity index (χ4n) is 0.640. The van der Waals surface area contributed by atoms with Crippen molar-refractivity contribution in [3.05, 3.63) is 11.8 Å². The third-order valence-corrected chi connectivity index (χ3v) is 1.76. The summed E-state index contributed by atoms with van der Waals surface area (Å²) in [4.78, 5) is 0. The molecule has 0 fully saturated rings. The zero-order valence-electron chi connectivity index (χ0n) is 6.11. The number of rotatable bonds is 3. The molecular weight excluding hydrogens is 182 g/mol. The van der Waals surface area contributed by atoms with Crippen LogP contribution in [0.4, 0.5) is 5.82 Å². The Bertz CT molecular complexity index is 355. The van der Waals surface area contributed by atoms with Crippen LogP contribution >= 0.6 is 0 Å². The van der Waals surface area contributed by atoms with Crippen molar-refractivity contribution in [2.75, 3.05) is 5.73 Å². The second kappa shape index (κ2) is 3.09. The molecule has 0 saturated carbocycles. The summed E-state index contributed by atoms with van der Waals surface area (Å²) in [5.74, 6) is 0.325. The van der Waals surface area contributed by atoms with E-state index in [1.165, 1.54) is 6.20 Å². The van der Waals surface area contributed by atoms with Gasteiger partial charge in [0.1, 0.15) is 5.82 Å². The third kappa shape index (κ3) is 2.49. The lowest BCUT2D eigenvalue weighted by Crippen LogP contribution is -2.30. The van der Waals surface area contributed by atoms with Crippen LogP contribution in [0.25, 0.3) is 0 Å². The van der Waals surface area contributed by atoms with Crippen molar-refractivity contribution in [1.29, 1.82) is 0 Å². The molecule has 0 radical (unpaired) electrons. The Balaban J connectivity index is 2.61. The van der Waals surface area contributed by atoms with Gasteiger partial charge in [0.15, 0.2) is 0 Å². The van der Waals surface area contributed by atoms with Crippen LogP contribution in [0, 0.1) is 0 Å². The van der Waals surface area contributed by atoms with E-state index in [2.05, 4.69) is 14.9 Å². The number of nitrogens with two attached hydrogens (primary N) is 2. The molecule has 68 valence electrons. The maximum absolute atomic E-state index is 10.4. The second-order valence-corrected chi connectivity index (χ2v) is 3.55. The Morgan fingerprint density at radius 2 is 2.33 bits per heavy atom. The number of H-pyrrole nitrogens is 1. The highest BCUT2D eigenvalue weighted by atomic mass is 32.2. The van der Waals surface area contributed by atoms with E-state index in [1.807, 2.05) is 0 Å². The van der Waals surface area contributed by atoms with Crippen molar-refractivity contribution in [2.45, 2.75) is 6.54 Å². The van der Waals surface area contributed by atoms with E-state index >= 15 is 0 Å². The van der Waals surface area contributed by atoms with Crippen molar-refractivity contribution >= 4 is 16.0 Å². The van der Waals surface area contributed by atoms with Gasteiger partial charge in [0.2, 0.25) is 0 Å². The predicted molar refractivity (Wildman–Crippen MR) is 42.9 cm³/mol. The summed E-state index contributed by atoms with van der Waals surface area (Å²) < 4.78 is 22.9. The first-order valence-electron chi connectivity index (χ1n) is 3.04. The summed E-state index contributed by atoms with van der Waals surface area (Å²) in [7, 11) is -3.66. The summed E-state index contributed by atoms with van der Waals surface area (Å²) in [6.45, 7) is 0.0428. The first-order valence-corrected chi connectivity index (χ1v) is 4.59. The lowest BCUT2D eigenvalue weighted by Gasteiger charge is -1.98. The number of hydrogen-bond donors (Lipinski definition) is 4. The van der Waals surface area contributed by atoms with E-state index in [1.54, 1.807) is 0 Å². The molecule has 1 aromatic rings. The highest BCUT2D eigenvalue weighted by molar-refractivity contribution is 7.87. The molecule has 0 aliphatic heterocycles. The van der Waals surface area contributed by atoms with E-state index in [0.29, 0.717) is 11.4 Å². The molecule has 7 nitrogen and oxygen atoms in total. The maximum Gasteiger partial charge on any atom is 0.274 e. The fraction of sp³-hybridized carbons (Fsp3) is 0.250. The minimum atomic E-state index is -3.66. The van der Waals surface area contributed by atoms with E-state index in [-0.39, 0.29) is 6.54 Å². The molecule has 1 heterocycles. The van der Waals surface area contributed by atoms with Gasteiger partial charge in [0.25, 0.3) is 10.2 Å². The number of nitrogens with one attached hydrogen (secondary N) is 2. The molecule has 1 rings (SSSR count). The SMILES string of the molecule is Nc1[nH]ncc1CNS(N)(=O)=O. The van der Waals surface area contributed by atoms with Gasteiger partial charge in [-0.15, -0.1) is 0 Å². The summed E-state index contributed by atoms with van der Waals surface area (Å²) in [5, 5.41) is 10.7. The van der Waals surface area contributed by atoms with Crippen LogP contribution < -0.4 is 15.6 Å². The molecule has 0 bridgehead atoms. The molecule has 0 unspecified atom stereocenters. The lowest BCUT2D eigenvalue weighted by molar-refractivity contribution is 0.583. The van der Waals surface area contributed by atoms with Crippen molar-refractivity contribution < 1.29 is 8.42 Å². The van der Waals surface area contributed by atoms with Crippen LogP contribution in [0.5, 0.6) is 0 Å². The maximum atomic E-state index is 10.4. The van der Waals surface area contributed by atoms with Crippen LogP contribution in [0.3, 0.4) is 0 Å². The first kappa shape index (κ1) is 8.97. The highest BCUT2D eigenvalue weighted by Gasteiger charge is 2.04. The summed E-state index contributed by atoms with van der Waals surface area (Å²) in [6, 6.07) is 0. The molecule has 0 atom stereocenters. The van der Waals surface area contributed by atoms with Crippen LogP contribution in [0.1, 0.15) is 5.56 Å². The van der Waals surface area contributed by atoms with Crippen molar-refractivity contribution in [2.24, 2.45) is 5.14 Å². The molecule has 8 heteroatoms. The van der Waals surface area contributed by atoms with Gasteiger partial charge in [0.05, 0.1) is 6.20 Å². The zero-order chi connectivity index (χ0) is 9.19. The predicted octanol–water partition coefficient (Wildman–Crippen LogP) is -1.71. The Morgan fingerprint density at radius 3 is 2.75 bits per heavy atom. The molecule has 0 saturated heterocycles. The molecule has 0 aliphatic rings. The van der Waals surface area contributed by atoms with Crippen molar-refractivity contribution in [1.82, 2.24) is 14.9 Å². The van der Waals surface area contributed by atoms with Crippen LogP contribution in [0.2, 0.25) is 0 Å². The van der Waals surface area contributed by atoms with E-state index in [0.717, 1.165) is 0 Å². The molecular formula is C4H9N5O2S. The summed E-state index contributed by atoms with van der Waals surface area (Å²) >= 11 is 0. The molecule has 12 heavy (non-hydrogen) atoms. The molecule has 6 N–H and O–H groups in total. The highest BCUT2D eigenvalue weighted by Crippen LogP contribution is 2.04. The second-order valence-electron chi connectivity index (χ2n) is 2.18. The molecule has 1 aromatic heterocycles. The Morgan fingerprint density at radius 1 is 1.67 bits per heavy atom. The number of aromatic amines is 1. The molecule has 0 aliphatic carbocycles. The largest absolute Gasteiger partial charge is 0.384 e. The zero-order valence-corrected chi connectivity index (χ0v) is 6.93. The minimum Gasteiger partial charge on any atom is -0.384 e. The van der Waals surface area contributed by atoms with Gasteiger partial charge in [-0.3, -0.25) is 5.10 Å². The van der Waals surface area contributed by atoms with Gasteiger partial charge in [0, 0.05) is 12.1 Å². The van der Waals surface area contributed by atoms with Crippen LogP contribution in [-0.4, -0.2) is 18.6 Å². The quantitative estimate of drug-likeness (QED) is 0.453. The number of anilines is 1. The average Bonchev–Trinajstić information content (AvgIpc) is 2.29. The number of aromatic nitrogens is 2. The standard InChI is InChI=1S/C4H9N5O2S/c5-4-3(1-7-9-4)2-8-12(6,10)11/h1,8H,2H2,(H3,5,7,9)(H2,6,10,11). The first-order chi connectivity index (χ1) is 5.49. The fourth-order valence-corrected chi connectivity index (χ4v) is 0.997. The van der Waals surface area contributed by atoms with Crippen molar-refractivity contribution in [3.8, 4) is 0 Å². The van der Waals surface area contributed by atoms with E-state index < -0.39 is 10.2 Å². The van der Waals surface area contributed by atoms with Crippen LogP contribution in [0.15, 0.2) is 6.20 Å². The van der Waals surface area contributed by atoms with E-state index in [4.69, 9.17) is 10.9 Å². The number of hydrogen-bond acceptors (Lipinski definition) is 4. The van der Waals surface area contributed by atoms with E-state index in [9.17, 15) is 8.42 Å². The normalized spacial score (nSPS) is 11.8. The number of nitrogen functional groups attached to an aromatic ring is 1.